The predicted molar refractivity (Wildman–Crippen MR) is 129 cm³/mol. The molecule has 1 aromatic carbocycles. The summed E-state index contributed by atoms with van der Waals surface area (Å²) in [6.45, 7) is 3.86. The number of hydrogen-bond acceptors (Lipinski definition) is 6. The van der Waals surface area contributed by atoms with Gasteiger partial charge in [0.05, 0.1) is 11.7 Å². The van der Waals surface area contributed by atoms with Crippen molar-refractivity contribution in [1.29, 1.82) is 0 Å². The average Bonchev–Trinajstić information content (AvgIpc) is 3.03. The second-order valence-electron chi connectivity index (χ2n) is 9.73. The Morgan fingerprint density at radius 3 is 2.54 bits per heavy atom. The lowest BCUT2D eigenvalue weighted by Crippen LogP contribution is -2.42. The van der Waals surface area contributed by atoms with Crippen molar-refractivity contribution in [2.24, 2.45) is 0 Å². The lowest BCUT2D eigenvalue weighted by atomic mass is 9.93. The van der Waals surface area contributed by atoms with Gasteiger partial charge in [-0.2, -0.15) is 0 Å². The Balaban J connectivity index is 1.62. The van der Waals surface area contributed by atoms with Crippen molar-refractivity contribution >= 4 is 23.8 Å². The smallest absolute Gasteiger partial charge is 0.325 e. The van der Waals surface area contributed by atoms with Crippen LogP contribution in [0.4, 0.5) is 15.1 Å². The van der Waals surface area contributed by atoms with Gasteiger partial charge in [0.2, 0.25) is 11.9 Å². The molecule has 1 atom stereocenters. The second kappa shape index (κ2) is 9.59. The number of amides is 4. The topological polar surface area (TPSA) is 98.7 Å². The van der Waals surface area contributed by atoms with Gasteiger partial charge in [-0.15, -0.1) is 0 Å². The van der Waals surface area contributed by atoms with E-state index < -0.39 is 11.6 Å². The highest BCUT2D eigenvalue weighted by molar-refractivity contribution is 6.06. The van der Waals surface area contributed by atoms with E-state index in [0.29, 0.717) is 18.2 Å². The molecule has 0 aliphatic carbocycles. The molecule has 2 aliphatic rings. The van der Waals surface area contributed by atoms with Gasteiger partial charge in [-0.25, -0.2) is 19.2 Å². The van der Waals surface area contributed by atoms with E-state index in [4.69, 9.17) is 4.98 Å². The summed E-state index contributed by atoms with van der Waals surface area (Å²) >= 11 is 0. The zero-order valence-corrected chi connectivity index (χ0v) is 20.5. The SMILES string of the molecule is CN(C)c1ncc(-c2ccc(F)cc2)c([C@@H]2CCCCN2C(=O)CCN2C(=O)NC(C)(C)C2=O)n1. The number of rotatable bonds is 6. The molecule has 1 N–H and O–H groups in total. The maximum absolute atomic E-state index is 13.6. The summed E-state index contributed by atoms with van der Waals surface area (Å²) in [6, 6.07) is 5.37. The number of nitrogens with zero attached hydrogens (tertiary/aromatic N) is 5. The van der Waals surface area contributed by atoms with Crippen LogP contribution >= 0.6 is 0 Å². The minimum absolute atomic E-state index is 0.0215. The Kier molecular flexibility index (Phi) is 6.73. The number of halogens is 1. The largest absolute Gasteiger partial charge is 0.347 e. The normalized spacial score (nSPS) is 19.6. The number of benzene rings is 1. The summed E-state index contributed by atoms with van der Waals surface area (Å²) in [7, 11) is 3.69. The summed E-state index contributed by atoms with van der Waals surface area (Å²) in [5, 5.41) is 2.64. The zero-order valence-electron chi connectivity index (χ0n) is 20.5. The van der Waals surface area contributed by atoms with E-state index in [0.717, 1.165) is 35.3 Å². The molecule has 3 heterocycles. The molecular formula is C25H31FN6O3. The summed E-state index contributed by atoms with van der Waals surface area (Å²) in [5.41, 5.74) is 1.25. The van der Waals surface area contributed by atoms with Gasteiger partial charge < -0.3 is 15.1 Å². The van der Waals surface area contributed by atoms with Crippen molar-refractivity contribution in [2.45, 2.75) is 51.1 Å². The highest BCUT2D eigenvalue weighted by Crippen LogP contribution is 2.37. The average molecular weight is 483 g/mol. The van der Waals surface area contributed by atoms with Crippen molar-refractivity contribution in [3.63, 3.8) is 0 Å². The van der Waals surface area contributed by atoms with Gasteiger partial charge in [-0.3, -0.25) is 14.5 Å². The molecule has 1 aromatic heterocycles. The van der Waals surface area contributed by atoms with Crippen LogP contribution in [0, 0.1) is 5.82 Å². The lowest BCUT2D eigenvalue weighted by molar-refractivity contribution is -0.136. The number of nitrogens with one attached hydrogen (secondary N) is 1. The van der Waals surface area contributed by atoms with Gasteiger partial charge in [0.1, 0.15) is 11.4 Å². The Morgan fingerprint density at radius 1 is 1.20 bits per heavy atom. The van der Waals surface area contributed by atoms with Gasteiger partial charge in [0, 0.05) is 45.4 Å². The van der Waals surface area contributed by atoms with Gasteiger partial charge in [-0.1, -0.05) is 12.1 Å². The molecule has 0 saturated carbocycles. The zero-order chi connectivity index (χ0) is 25.3. The predicted octanol–water partition coefficient (Wildman–Crippen LogP) is 3.12. The van der Waals surface area contributed by atoms with Crippen LogP contribution in [0.1, 0.15) is 51.3 Å². The molecule has 0 radical (unpaired) electrons. The molecule has 2 saturated heterocycles. The third kappa shape index (κ3) is 4.96. The first kappa shape index (κ1) is 24.6. The van der Waals surface area contributed by atoms with Gasteiger partial charge in [0.15, 0.2) is 0 Å². The van der Waals surface area contributed by atoms with Crippen LogP contribution in [0.25, 0.3) is 11.1 Å². The number of likely N-dealkylation sites (tertiary alicyclic amines) is 1. The van der Waals surface area contributed by atoms with Crippen LogP contribution in [0.2, 0.25) is 0 Å². The fourth-order valence-corrected chi connectivity index (χ4v) is 4.59. The number of piperidine rings is 1. The molecule has 186 valence electrons. The summed E-state index contributed by atoms with van der Waals surface area (Å²) in [5.74, 6) is -0.296. The number of urea groups is 1. The Labute approximate surface area is 204 Å². The first-order chi connectivity index (χ1) is 16.6. The van der Waals surface area contributed by atoms with Crippen LogP contribution in [0.5, 0.6) is 0 Å². The first-order valence-corrected chi connectivity index (χ1v) is 11.8. The van der Waals surface area contributed by atoms with Crippen LogP contribution in [-0.4, -0.2) is 70.3 Å². The van der Waals surface area contributed by atoms with Crippen molar-refractivity contribution in [2.75, 3.05) is 32.1 Å². The van der Waals surface area contributed by atoms with Crippen molar-refractivity contribution < 1.29 is 18.8 Å². The van der Waals surface area contributed by atoms with Gasteiger partial charge in [0.25, 0.3) is 5.91 Å². The van der Waals surface area contributed by atoms with Crippen molar-refractivity contribution in [3.05, 3.63) is 42.0 Å². The van der Waals surface area contributed by atoms with Crippen LogP contribution < -0.4 is 10.2 Å². The summed E-state index contributed by atoms with van der Waals surface area (Å²) < 4.78 is 13.6. The molecule has 10 heteroatoms. The number of hydrogen-bond donors (Lipinski definition) is 1. The molecule has 9 nitrogen and oxygen atoms in total. The Morgan fingerprint density at radius 2 is 1.91 bits per heavy atom. The van der Waals surface area contributed by atoms with Crippen molar-refractivity contribution in [1.82, 2.24) is 25.1 Å². The quantitative estimate of drug-likeness (QED) is 0.636. The fraction of sp³-hybridized carbons (Fsp3) is 0.480. The number of aromatic nitrogens is 2. The monoisotopic (exact) mass is 482 g/mol. The van der Waals surface area contributed by atoms with E-state index in [1.54, 1.807) is 42.0 Å². The highest BCUT2D eigenvalue weighted by Gasteiger charge is 2.44. The number of imide groups is 1. The van der Waals surface area contributed by atoms with Crippen LogP contribution in [0.15, 0.2) is 30.5 Å². The van der Waals surface area contributed by atoms with Crippen molar-refractivity contribution in [3.8, 4) is 11.1 Å². The number of carbonyl (C=O) groups excluding carboxylic acids is 3. The molecule has 35 heavy (non-hydrogen) atoms. The summed E-state index contributed by atoms with van der Waals surface area (Å²) in [6.07, 6.45) is 4.26. The molecule has 0 spiro atoms. The van der Waals surface area contributed by atoms with Crippen LogP contribution in [0.3, 0.4) is 0 Å². The Hall–Kier alpha value is -3.56. The van der Waals surface area contributed by atoms with E-state index in [1.807, 2.05) is 14.1 Å². The minimum Gasteiger partial charge on any atom is -0.347 e. The fourth-order valence-electron chi connectivity index (χ4n) is 4.59. The molecule has 0 unspecified atom stereocenters. The number of anilines is 1. The van der Waals surface area contributed by atoms with Crippen LogP contribution in [-0.2, 0) is 9.59 Å². The van der Waals surface area contributed by atoms with Gasteiger partial charge in [-0.05, 0) is 50.8 Å². The third-order valence-corrected chi connectivity index (χ3v) is 6.49. The van der Waals surface area contributed by atoms with E-state index in [9.17, 15) is 18.8 Å². The molecule has 0 bridgehead atoms. The molecular weight excluding hydrogens is 451 g/mol. The second-order valence-corrected chi connectivity index (χ2v) is 9.73. The molecule has 2 aromatic rings. The standard InChI is InChI=1S/C25H31FN6O3/c1-25(2)22(34)32(24(35)29-25)14-12-20(33)31-13-6-5-7-19(31)21-18(15-27-23(28-21)30(3)4)16-8-10-17(26)11-9-16/h8-11,15,19H,5-7,12-14H2,1-4H3,(H,29,35)/t19-/m0/s1. The van der Waals surface area contributed by atoms with Gasteiger partial charge >= 0.3 is 6.03 Å². The molecule has 2 aliphatic heterocycles. The highest BCUT2D eigenvalue weighted by atomic mass is 19.1. The molecule has 4 amide bonds. The molecule has 2 fully saturated rings. The summed E-state index contributed by atoms with van der Waals surface area (Å²) in [4.78, 5) is 52.1. The first-order valence-electron chi connectivity index (χ1n) is 11.8. The lowest BCUT2D eigenvalue weighted by Gasteiger charge is -2.37. The van der Waals surface area contributed by atoms with E-state index in [2.05, 4.69) is 10.3 Å². The maximum atomic E-state index is 13.6. The maximum Gasteiger partial charge on any atom is 0.325 e. The number of carbonyl (C=O) groups is 3. The molecule has 4 rings (SSSR count). The van der Waals surface area contributed by atoms with E-state index >= 15 is 0 Å². The van der Waals surface area contributed by atoms with E-state index in [-0.39, 0.29) is 36.6 Å². The Bertz CT molecular complexity index is 1130. The third-order valence-electron chi connectivity index (χ3n) is 6.49. The van der Waals surface area contributed by atoms with E-state index in [1.165, 1.54) is 12.1 Å². The minimum atomic E-state index is -0.971.